The van der Waals surface area contributed by atoms with Crippen molar-refractivity contribution < 1.29 is 13.2 Å². The van der Waals surface area contributed by atoms with Gasteiger partial charge in [0.05, 0.1) is 10.6 Å². The minimum atomic E-state index is -3.91. The van der Waals surface area contributed by atoms with Gasteiger partial charge in [0.25, 0.3) is 15.9 Å². The summed E-state index contributed by atoms with van der Waals surface area (Å²) in [5.41, 5.74) is 1.34. The number of aromatic amines is 1. The molecule has 1 aromatic heterocycles. The average Bonchev–Trinajstić information content (AvgIpc) is 3.27. The fourth-order valence-corrected chi connectivity index (χ4v) is 5.13. The largest absolute Gasteiger partial charge is 0.360 e. The lowest BCUT2D eigenvalue weighted by Crippen LogP contribution is -2.35. The second kappa shape index (κ2) is 8.55. The van der Waals surface area contributed by atoms with Crippen LogP contribution in [0.25, 0.3) is 10.9 Å². The van der Waals surface area contributed by atoms with Crippen molar-refractivity contribution in [1.29, 1.82) is 0 Å². The highest BCUT2D eigenvalue weighted by molar-refractivity contribution is 7.92. The van der Waals surface area contributed by atoms with Crippen molar-refractivity contribution in [2.75, 3.05) is 4.72 Å². The zero-order valence-electron chi connectivity index (χ0n) is 17.3. The third kappa shape index (κ3) is 4.34. The van der Waals surface area contributed by atoms with Crippen molar-refractivity contribution in [3.63, 3.8) is 0 Å². The maximum atomic E-state index is 13.0. The number of fused-ring (bicyclic) bond motifs is 1. The summed E-state index contributed by atoms with van der Waals surface area (Å²) in [7, 11) is -3.91. The van der Waals surface area contributed by atoms with E-state index in [2.05, 4.69) is 15.0 Å². The summed E-state index contributed by atoms with van der Waals surface area (Å²) in [5, 5.41) is 3.06. The molecule has 0 radical (unpaired) electrons. The number of carbonyl (C=O) groups is 1. The van der Waals surface area contributed by atoms with E-state index in [0.29, 0.717) is 17.6 Å². The summed E-state index contributed by atoms with van der Waals surface area (Å²) in [6, 6.07) is 11.5. The van der Waals surface area contributed by atoms with Gasteiger partial charge in [-0.2, -0.15) is 0 Å². The Kier molecular flexibility index (Phi) is 5.82. The number of amides is 1. The zero-order chi connectivity index (χ0) is 22.0. The van der Waals surface area contributed by atoms with Gasteiger partial charge >= 0.3 is 0 Å². The van der Waals surface area contributed by atoms with Crippen molar-refractivity contribution >= 4 is 32.5 Å². The Bertz CT molecular complexity index is 1290. The molecule has 2 aromatic carbocycles. The van der Waals surface area contributed by atoms with Gasteiger partial charge in [0.15, 0.2) is 0 Å². The van der Waals surface area contributed by atoms with E-state index in [1.54, 1.807) is 12.1 Å². The fourth-order valence-electron chi connectivity index (χ4n) is 4.00. The molecule has 3 N–H and O–H groups in total. The highest BCUT2D eigenvalue weighted by Crippen LogP contribution is 2.22. The number of sulfonamides is 1. The maximum absolute atomic E-state index is 13.0. The summed E-state index contributed by atoms with van der Waals surface area (Å²) in [4.78, 5) is 28.5. The quantitative estimate of drug-likeness (QED) is 0.546. The van der Waals surface area contributed by atoms with Crippen molar-refractivity contribution in [3.05, 3.63) is 70.0 Å². The van der Waals surface area contributed by atoms with Crippen LogP contribution in [0.2, 0.25) is 0 Å². The van der Waals surface area contributed by atoms with Crippen molar-refractivity contribution in [3.8, 4) is 0 Å². The summed E-state index contributed by atoms with van der Waals surface area (Å²) in [6.07, 6.45) is 6.01. The molecule has 1 amide bonds. The zero-order valence-corrected chi connectivity index (χ0v) is 18.1. The number of pyridine rings is 1. The van der Waals surface area contributed by atoms with Gasteiger partial charge in [-0.05, 0) is 49.1 Å². The molecule has 0 saturated heterocycles. The molecule has 0 spiro atoms. The first-order valence-electron chi connectivity index (χ1n) is 10.5. The molecule has 0 unspecified atom stereocenters. The van der Waals surface area contributed by atoms with Gasteiger partial charge in [-0.1, -0.05) is 38.0 Å². The molecule has 162 valence electrons. The summed E-state index contributed by atoms with van der Waals surface area (Å²) < 4.78 is 28.5. The minimum absolute atomic E-state index is 0.0155. The van der Waals surface area contributed by atoms with E-state index < -0.39 is 21.4 Å². The number of benzene rings is 2. The van der Waals surface area contributed by atoms with Crippen LogP contribution in [-0.2, 0) is 16.4 Å². The molecule has 3 aromatic rings. The number of hydrogen-bond acceptors (Lipinski definition) is 4. The lowest BCUT2D eigenvalue weighted by molar-refractivity contribution is 0.0936. The normalized spacial score (nSPS) is 14.6. The van der Waals surface area contributed by atoms with Crippen LogP contribution < -0.4 is 15.5 Å². The van der Waals surface area contributed by atoms with Gasteiger partial charge < -0.3 is 10.3 Å². The Labute approximate surface area is 180 Å². The molecule has 8 heteroatoms. The van der Waals surface area contributed by atoms with Crippen LogP contribution in [0.15, 0.2) is 58.4 Å². The first kappa shape index (κ1) is 21.1. The van der Waals surface area contributed by atoms with Gasteiger partial charge in [0.2, 0.25) is 5.43 Å². The average molecular weight is 440 g/mol. The number of para-hydroxylation sites is 1. The molecule has 1 aliphatic carbocycles. The number of rotatable bonds is 6. The van der Waals surface area contributed by atoms with Crippen molar-refractivity contribution in [2.24, 2.45) is 0 Å². The number of hydrogen-bond donors (Lipinski definition) is 3. The molecule has 1 aliphatic rings. The summed E-state index contributed by atoms with van der Waals surface area (Å²) in [6.45, 7) is 1.95. The number of H-pyrrole nitrogens is 1. The Balaban J connectivity index is 1.68. The molecule has 1 fully saturated rings. The monoisotopic (exact) mass is 439 g/mol. The highest BCUT2D eigenvalue weighted by Gasteiger charge is 2.22. The molecular formula is C23H25N3O4S. The van der Waals surface area contributed by atoms with Gasteiger partial charge in [0, 0.05) is 23.1 Å². The molecular weight excluding hydrogens is 414 g/mol. The standard InChI is InChI=1S/C23H25N3O4S/c1-2-15-7-3-6-10-20(15)26-31(29,30)17-11-12-21-18(13-17)22(27)19(14-24-21)23(28)25-16-8-4-5-9-16/h3,6-7,10-14,16,26H,2,4-5,8-9H2,1H3,(H,24,27)(H,25,28). The van der Waals surface area contributed by atoms with E-state index in [4.69, 9.17) is 0 Å². The van der Waals surface area contributed by atoms with E-state index in [0.717, 1.165) is 31.2 Å². The highest BCUT2D eigenvalue weighted by atomic mass is 32.2. The number of aromatic nitrogens is 1. The smallest absolute Gasteiger partial charge is 0.261 e. The second-order valence-electron chi connectivity index (χ2n) is 7.81. The van der Waals surface area contributed by atoms with E-state index in [1.165, 1.54) is 24.4 Å². The van der Waals surface area contributed by atoms with Gasteiger partial charge in [-0.25, -0.2) is 8.42 Å². The molecule has 1 saturated carbocycles. The first-order chi connectivity index (χ1) is 14.9. The van der Waals surface area contributed by atoms with E-state index in [9.17, 15) is 18.0 Å². The molecule has 0 atom stereocenters. The van der Waals surface area contributed by atoms with Crippen LogP contribution in [-0.4, -0.2) is 25.4 Å². The van der Waals surface area contributed by atoms with E-state index in [1.807, 2.05) is 19.1 Å². The van der Waals surface area contributed by atoms with Crippen LogP contribution in [0, 0.1) is 0 Å². The molecule has 0 bridgehead atoms. The second-order valence-corrected chi connectivity index (χ2v) is 9.49. The topological polar surface area (TPSA) is 108 Å². The van der Waals surface area contributed by atoms with Crippen LogP contribution in [0.5, 0.6) is 0 Å². The molecule has 0 aliphatic heterocycles. The minimum Gasteiger partial charge on any atom is -0.360 e. The predicted molar refractivity (Wildman–Crippen MR) is 121 cm³/mol. The van der Waals surface area contributed by atoms with E-state index in [-0.39, 0.29) is 21.9 Å². The lowest BCUT2D eigenvalue weighted by atomic mass is 10.1. The Morgan fingerprint density at radius 1 is 1.13 bits per heavy atom. The number of nitrogens with one attached hydrogen (secondary N) is 3. The number of anilines is 1. The Morgan fingerprint density at radius 2 is 1.87 bits per heavy atom. The fraction of sp³-hybridized carbons (Fsp3) is 0.304. The molecule has 4 rings (SSSR count). The predicted octanol–water partition coefficient (Wildman–Crippen LogP) is 3.56. The van der Waals surface area contributed by atoms with Crippen LogP contribution >= 0.6 is 0 Å². The lowest BCUT2D eigenvalue weighted by Gasteiger charge is -2.13. The molecule has 7 nitrogen and oxygen atoms in total. The van der Waals surface area contributed by atoms with Crippen molar-refractivity contribution in [1.82, 2.24) is 10.3 Å². The van der Waals surface area contributed by atoms with Crippen LogP contribution in [0.1, 0.15) is 48.5 Å². The van der Waals surface area contributed by atoms with E-state index >= 15 is 0 Å². The number of aryl methyl sites for hydroxylation is 1. The first-order valence-corrected chi connectivity index (χ1v) is 11.9. The van der Waals surface area contributed by atoms with Crippen molar-refractivity contribution in [2.45, 2.75) is 50.0 Å². The van der Waals surface area contributed by atoms with Gasteiger partial charge in [0.1, 0.15) is 5.56 Å². The third-order valence-electron chi connectivity index (χ3n) is 5.74. The van der Waals surface area contributed by atoms with Gasteiger partial charge in [-0.3, -0.25) is 14.3 Å². The Hall–Kier alpha value is -3.13. The Morgan fingerprint density at radius 3 is 2.61 bits per heavy atom. The SMILES string of the molecule is CCc1ccccc1NS(=O)(=O)c1ccc2[nH]cc(C(=O)NC3CCCC3)c(=O)c2c1. The maximum Gasteiger partial charge on any atom is 0.261 e. The van der Waals surface area contributed by atoms with Crippen LogP contribution in [0.3, 0.4) is 0 Å². The van der Waals surface area contributed by atoms with Gasteiger partial charge in [-0.15, -0.1) is 0 Å². The summed E-state index contributed by atoms with van der Waals surface area (Å²) >= 11 is 0. The molecule has 1 heterocycles. The number of carbonyl (C=O) groups excluding carboxylic acids is 1. The summed E-state index contributed by atoms with van der Waals surface area (Å²) in [5.74, 6) is -0.432. The van der Waals surface area contributed by atoms with Crippen LogP contribution in [0.4, 0.5) is 5.69 Å². The third-order valence-corrected chi connectivity index (χ3v) is 7.10. The molecule has 31 heavy (non-hydrogen) atoms.